The molecule has 0 saturated heterocycles. The van der Waals surface area contributed by atoms with Crippen molar-refractivity contribution in [2.75, 3.05) is 6.61 Å². The summed E-state index contributed by atoms with van der Waals surface area (Å²) in [6.45, 7) is 4.05. The monoisotopic (exact) mass is 362 g/mol. The van der Waals surface area contributed by atoms with Crippen molar-refractivity contribution < 1.29 is 33.3 Å². The molecule has 0 aromatic heterocycles. The van der Waals surface area contributed by atoms with E-state index in [-0.39, 0.29) is 6.61 Å². The molecule has 1 aliphatic heterocycles. The molecule has 1 aromatic carbocycles. The lowest BCUT2D eigenvalue weighted by atomic mass is 9.95. The van der Waals surface area contributed by atoms with Gasteiger partial charge in [0.15, 0.2) is 12.2 Å². The van der Waals surface area contributed by atoms with E-state index >= 15 is 0 Å². The van der Waals surface area contributed by atoms with Crippen LogP contribution in [0.25, 0.3) is 0 Å². The van der Waals surface area contributed by atoms with Crippen LogP contribution in [0.5, 0.6) is 0 Å². The average Bonchev–Trinajstić information content (AvgIpc) is 2.58. The van der Waals surface area contributed by atoms with E-state index in [2.05, 4.69) is 0 Å². The second kappa shape index (κ2) is 9.15. The van der Waals surface area contributed by atoms with Gasteiger partial charge in [-0.3, -0.25) is 14.4 Å². The zero-order valence-electron chi connectivity index (χ0n) is 14.9. The highest BCUT2D eigenvalue weighted by molar-refractivity contribution is 5.68. The molecule has 1 aromatic rings. The Morgan fingerprint density at radius 3 is 2.23 bits per heavy atom. The maximum Gasteiger partial charge on any atom is 0.303 e. The number of carbonyl (C=O) groups excluding carboxylic acids is 3. The first-order valence-corrected chi connectivity index (χ1v) is 8.23. The van der Waals surface area contributed by atoms with Gasteiger partial charge in [-0.25, -0.2) is 0 Å². The molecule has 7 nitrogen and oxygen atoms in total. The number of hydrogen-bond donors (Lipinski definition) is 0. The molecule has 0 N–H and O–H groups in total. The van der Waals surface area contributed by atoms with Crippen molar-refractivity contribution in [1.29, 1.82) is 0 Å². The Morgan fingerprint density at radius 1 is 1.00 bits per heavy atom. The van der Waals surface area contributed by atoms with Gasteiger partial charge in [0.1, 0.15) is 12.2 Å². The third-order valence-corrected chi connectivity index (χ3v) is 3.68. The highest BCUT2D eigenvalue weighted by Gasteiger charge is 2.42. The second-order valence-electron chi connectivity index (χ2n) is 5.81. The van der Waals surface area contributed by atoms with Crippen molar-refractivity contribution in [2.45, 2.75) is 45.2 Å². The van der Waals surface area contributed by atoms with Gasteiger partial charge in [-0.05, 0) is 11.6 Å². The lowest BCUT2D eigenvalue weighted by molar-refractivity contribution is -0.192. The minimum Gasteiger partial charge on any atom is -0.455 e. The summed E-state index contributed by atoms with van der Waals surface area (Å²) in [7, 11) is 0. The van der Waals surface area contributed by atoms with Crippen LogP contribution in [-0.4, -0.2) is 42.8 Å². The van der Waals surface area contributed by atoms with Crippen LogP contribution >= 0.6 is 0 Å². The van der Waals surface area contributed by atoms with Crippen molar-refractivity contribution in [1.82, 2.24) is 0 Å². The van der Waals surface area contributed by atoms with Gasteiger partial charge in [-0.15, -0.1) is 0 Å². The van der Waals surface area contributed by atoms with Gasteiger partial charge in [-0.2, -0.15) is 0 Å². The lowest BCUT2D eigenvalue weighted by Gasteiger charge is -2.36. The Morgan fingerprint density at radius 2 is 1.65 bits per heavy atom. The fraction of sp³-hybridized carbons (Fsp3) is 0.421. The van der Waals surface area contributed by atoms with Crippen LogP contribution in [0.3, 0.4) is 0 Å². The first-order chi connectivity index (χ1) is 12.4. The summed E-state index contributed by atoms with van der Waals surface area (Å²) in [6.07, 6.45) is -0.120. The molecule has 0 amide bonds. The highest BCUT2D eigenvalue weighted by Crippen LogP contribution is 2.31. The Hall–Kier alpha value is -2.67. The largest absolute Gasteiger partial charge is 0.455 e. The van der Waals surface area contributed by atoms with E-state index in [0.717, 1.165) is 0 Å². The van der Waals surface area contributed by atoms with E-state index in [9.17, 15) is 14.4 Å². The molecule has 0 fully saturated rings. The topological polar surface area (TPSA) is 88.1 Å². The van der Waals surface area contributed by atoms with Gasteiger partial charge in [-0.1, -0.05) is 36.4 Å². The van der Waals surface area contributed by atoms with Crippen molar-refractivity contribution in [3.63, 3.8) is 0 Å². The first-order valence-electron chi connectivity index (χ1n) is 8.23. The van der Waals surface area contributed by atoms with E-state index in [0.29, 0.717) is 5.56 Å². The van der Waals surface area contributed by atoms with Gasteiger partial charge < -0.3 is 18.9 Å². The third kappa shape index (κ3) is 5.42. The Bertz CT molecular complexity index is 668. The van der Waals surface area contributed by atoms with Crippen LogP contribution < -0.4 is 0 Å². The van der Waals surface area contributed by atoms with Crippen LogP contribution in [0, 0.1) is 0 Å². The number of hydrogen-bond acceptors (Lipinski definition) is 7. The number of esters is 3. The summed E-state index contributed by atoms with van der Waals surface area (Å²) >= 11 is 0. The fourth-order valence-corrected chi connectivity index (χ4v) is 2.78. The molecule has 0 aliphatic carbocycles. The van der Waals surface area contributed by atoms with Crippen LogP contribution in [-0.2, 0) is 33.3 Å². The van der Waals surface area contributed by atoms with Crippen LogP contribution in [0.15, 0.2) is 42.5 Å². The zero-order valence-corrected chi connectivity index (χ0v) is 14.9. The summed E-state index contributed by atoms with van der Waals surface area (Å²) in [5.74, 6) is -1.60. The van der Waals surface area contributed by atoms with Gasteiger partial charge in [0.2, 0.25) is 0 Å². The number of carbonyl (C=O) groups is 3. The van der Waals surface area contributed by atoms with Gasteiger partial charge in [0.25, 0.3) is 0 Å². The molecule has 1 aliphatic rings. The SMILES string of the molecule is CC(=O)O[C@@H]([C@@H]1OCC=C[C@@H]1OC(C)=O)[C@@H](OC(C)=O)c1ccccc1. The molecule has 0 radical (unpaired) electrons. The number of benzene rings is 1. The molecule has 2 rings (SSSR count). The summed E-state index contributed by atoms with van der Waals surface area (Å²) in [5, 5.41) is 0. The molecular formula is C19H22O7. The molecule has 26 heavy (non-hydrogen) atoms. The predicted octanol–water partition coefficient (Wildman–Crippen LogP) is 2.11. The maximum atomic E-state index is 11.7. The first kappa shape index (κ1) is 19.7. The minimum absolute atomic E-state index is 0.252. The molecule has 0 spiro atoms. The molecule has 7 heteroatoms. The van der Waals surface area contributed by atoms with Gasteiger partial charge >= 0.3 is 17.9 Å². The second-order valence-corrected chi connectivity index (χ2v) is 5.81. The quantitative estimate of drug-likeness (QED) is 0.435. The molecule has 1 heterocycles. The summed E-state index contributed by atoms with van der Waals surface area (Å²) < 4.78 is 21.9. The zero-order chi connectivity index (χ0) is 19.1. The summed E-state index contributed by atoms with van der Waals surface area (Å²) in [4.78, 5) is 34.8. The molecule has 0 bridgehead atoms. The molecule has 0 unspecified atom stereocenters. The van der Waals surface area contributed by atoms with E-state index in [1.807, 2.05) is 6.07 Å². The highest BCUT2D eigenvalue weighted by atomic mass is 16.6. The summed E-state index contributed by atoms with van der Waals surface area (Å²) in [6, 6.07) is 8.88. The molecule has 140 valence electrons. The maximum absolute atomic E-state index is 11.7. The average molecular weight is 362 g/mol. The van der Waals surface area contributed by atoms with Crippen molar-refractivity contribution in [3.8, 4) is 0 Å². The molecule has 0 saturated carbocycles. The predicted molar refractivity (Wildman–Crippen MR) is 90.9 cm³/mol. The lowest BCUT2D eigenvalue weighted by Crippen LogP contribution is -2.48. The van der Waals surface area contributed by atoms with Gasteiger partial charge in [0.05, 0.1) is 6.61 Å². The molecule has 4 atom stereocenters. The number of rotatable bonds is 6. The summed E-state index contributed by atoms with van der Waals surface area (Å²) in [5.41, 5.74) is 0.633. The Kier molecular flexibility index (Phi) is 6.91. The van der Waals surface area contributed by atoms with E-state index in [1.54, 1.807) is 36.4 Å². The fourth-order valence-electron chi connectivity index (χ4n) is 2.78. The molecular weight excluding hydrogens is 340 g/mol. The minimum atomic E-state index is -0.993. The van der Waals surface area contributed by atoms with E-state index in [4.69, 9.17) is 18.9 Å². The van der Waals surface area contributed by atoms with Crippen molar-refractivity contribution in [3.05, 3.63) is 48.0 Å². The van der Waals surface area contributed by atoms with Gasteiger partial charge in [0, 0.05) is 20.8 Å². The van der Waals surface area contributed by atoms with Crippen molar-refractivity contribution >= 4 is 17.9 Å². The van der Waals surface area contributed by atoms with E-state index < -0.39 is 42.3 Å². The van der Waals surface area contributed by atoms with E-state index in [1.165, 1.54) is 20.8 Å². The van der Waals surface area contributed by atoms with Crippen LogP contribution in [0.2, 0.25) is 0 Å². The van der Waals surface area contributed by atoms with Crippen molar-refractivity contribution in [2.24, 2.45) is 0 Å². The smallest absolute Gasteiger partial charge is 0.303 e. The van der Waals surface area contributed by atoms with Crippen LogP contribution in [0.1, 0.15) is 32.4 Å². The number of ether oxygens (including phenoxy) is 4. The van der Waals surface area contributed by atoms with Crippen LogP contribution in [0.4, 0.5) is 0 Å². The normalized spacial score (nSPS) is 21.3. The Balaban J connectivity index is 2.41. The Labute approximate surface area is 151 Å². The standard InChI is InChI=1S/C19H22O7/c1-12(20)24-16-10-7-11-23-18(16)19(26-14(3)22)17(25-13(2)21)15-8-5-4-6-9-15/h4-10,16-19H,11H2,1-3H3/t16-,17-,18+,19+/m0/s1. The third-order valence-electron chi connectivity index (χ3n) is 3.68.